The number of rotatable bonds is 4. The Morgan fingerprint density at radius 1 is 1.00 bits per heavy atom. The van der Waals surface area contributed by atoms with E-state index in [0.717, 1.165) is 0 Å². The van der Waals surface area contributed by atoms with Crippen LogP contribution in [0.25, 0.3) is 0 Å². The van der Waals surface area contributed by atoms with Gasteiger partial charge in [-0.2, -0.15) is 0 Å². The van der Waals surface area contributed by atoms with Crippen molar-refractivity contribution in [2.24, 2.45) is 5.84 Å². The molecule has 9 nitrogen and oxygen atoms in total. The fourth-order valence-corrected chi connectivity index (χ4v) is 1.65. The molecule has 0 unspecified atom stereocenters. The van der Waals surface area contributed by atoms with Crippen LogP contribution < -0.4 is 11.4 Å². The van der Waals surface area contributed by atoms with Crippen molar-refractivity contribution in [2.75, 3.05) is 0 Å². The van der Waals surface area contributed by atoms with Crippen molar-refractivity contribution in [1.29, 1.82) is 0 Å². The van der Waals surface area contributed by atoms with Crippen molar-refractivity contribution in [3.05, 3.63) is 35.4 Å². The number of hydrogen-bond donors (Lipinski definition) is 2. The number of carbonyl (C=O) groups excluding carboxylic acids is 4. The lowest BCUT2D eigenvalue weighted by atomic mass is 10.1. The minimum atomic E-state index is -0.879. The monoisotopic (exact) mass is 293 g/mol. The van der Waals surface area contributed by atoms with E-state index in [4.69, 9.17) is 10.7 Å². The summed E-state index contributed by atoms with van der Waals surface area (Å²) in [4.78, 5) is 54.8. The second-order valence-electron chi connectivity index (χ2n) is 4.05. The molecule has 0 aromatic heterocycles. The van der Waals surface area contributed by atoms with Gasteiger partial charge in [-0.1, -0.05) is 5.59 Å². The predicted octanol–water partition coefficient (Wildman–Crippen LogP) is -0.558. The zero-order valence-electron chi connectivity index (χ0n) is 10.7. The summed E-state index contributed by atoms with van der Waals surface area (Å²) in [5, 5.41) is 0.447. The fourth-order valence-electron chi connectivity index (χ4n) is 1.65. The van der Waals surface area contributed by atoms with E-state index in [2.05, 4.69) is 4.84 Å². The van der Waals surface area contributed by atoms with Crippen LogP contribution in [0.5, 0.6) is 0 Å². The van der Waals surface area contributed by atoms with E-state index in [1.54, 1.807) is 5.59 Å². The standard InChI is InChI=1S/C12H11N3O6/c13-14-20-11(18)7-1-3-8(4-2-7)12(19)21-15-9(16)5-6-10(15)17/h1-4,14H,5-6,13H2. The number of carbonyl (C=O) groups is 4. The maximum Gasteiger partial charge on any atom is 0.363 e. The van der Waals surface area contributed by atoms with E-state index in [1.807, 2.05) is 0 Å². The number of hydrogen-bond acceptors (Lipinski definition) is 8. The van der Waals surface area contributed by atoms with Crippen molar-refractivity contribution >= 4 is 23.8 Å². The normalized spacial score (nSPS) is 14.2. The molecule has 1 aliphatic rings. The van der Waals surface area contributed by atoms with Gasteiger partial charge in [-0.25, -0.2) is 15.4 Å². The molecule has 0 saturated carbocycles. The third-order valence-electron chi connectivity index (χ3n) is 2.69. The van der Waals surface area contributed by atoms with Gasteiger partial charge in [-0.05, 0) is 24.3 Å². The number of nitrogens with one attached hydrogen (secondary N) is 1. The lowest BCUT2D eigenvalue weighted by molar-refractivity contribution is -0.172. The van der Waals surface area contributed by atoms with Gasteiger partial charge in [0.05, 0.1) is 11.1 Å². The first kappa shape index (κ1) is 14.6. The maximum atomic E-state index is 11.8. The molecule has 0 radical (unpaired) electrons. The molecule has 0 spiro atoms. The number of nitrogens with zero attached hydrogens (tertiary/aromatic N) is 1. The summed E-state index contributed by atoms with van der Waals surface area (Å²) >= 11 is 0. The van der Waals surface area contributed by atoms with Gasteiger partial charge in [0.15, 0.2) is 0 Å². The summed E-state index contributed by atoms with van der Waals surface area (Å²) < 4.78 is 0. The first-order valence-electron chi connectivity index (χ1n) is 5.88. The highest BCUT2D eigenvalue weighted by molar-refractivity contribution is 6.02. The molecule has 21 heavy (non-hydrogen) atoms. The summed E-state index contributed by atoms with van der Waals surface area (Å²) in [6.45, 7) is 0. The smallest absolute Gasteiger partial charge is 0.351 e. The highest BCUT2D eigenvalue weighted by atomic mass is 16.7. The Bertz CT molecular complexity index is 582. The molecule has 3 N–H and O–H groups in total. The molecule has 2 rings (SSSR count). The van der Waals surface area contributed by atoms with Crippen LogP contribution in [0.4, 0.5) is 0 Å². The van der Waals surface area contributed by atoms with Crippen LogP contribution >= 0.6 is 0 Å². The molecule has 0 atom stereocenters. The van der Waals surface area contributed by atoms with Gasteiger partial charge in [0, 0.05) is 12.8 Å². The Hall–Kier alpha value is -2.78. The molecular weight excluding hydrogens is 282 g/mol. The molecule has 1 fully saturated rings. The van der Waals surface area contributed by atoms with Gasteiger partial charge in [-0.15, -0.1) is 5.06 Å². The van der Waals surface area contributed by atoms with E-state index in [0.29, 0.717) is 5.06 Å². The Balaban J connectivity index is 2.05. The number of imide groups is 1. The Kier molecular flexibility index (Phi) is 4.26. The first-order valence-corrected chi connectivity index (χ1v) is 5.88. The van der Waals surface area contributed by atoms with Crippen LogP contribution in [0, 0.1) is 0 Å². The number of amides is 2. The lowest BCUT2D eigenvalue weighted by Gasteiger charge is -2.12. The van der Waals surface area contributed by atoms with Crippen LogP contribution in [-0.4, -0.2) is 28.8 Å². The second-order valence-corrected chi connectivity index (χ2v) is 4.05. The molecule has 1 aromatic rings. The van der Waals surface area contributed by atoms with E-state index in [-0.39, 0.29) is 24.0 Å². The average molecular weight is 293 g/mol. The van der Waals surface area contributed by atoms with E-state index < -0.39 is 23.8 Å². The quantitative estimate of drug-likeness (QED) is 0.429. The molecule has 1 aromatic carbocycles. The predicted molar refractivity (Wildman–Crippen MR) is 65.7 cm³/mol. The van der Waals surface area contributed by atoms with Crippen molar-refractivity contribution < 1.29 is 28.9 Å². The molecule has 1 saturated heterocycles. The molecule has 0 aliphatic carbocycles. The van der Waals surface area contributed by atoms with Gasteiger partial charge in [-0.3, -0.25) is 9.59 Å². The number of benzene rings is 1. The van der Waals surface area contributed by atoms with Crippen molar-refractivity contribution in [1.82, 2.24) is 10.7 Å². The Labute approximate surface area is 118 Å². The summed E-state index contributed by atoms with van der Waals surface area (Å²) in [6.07, 6.45) is 0.0337. The summed E-state index contributed by atoms with van der Waals surface area (Å²) in [5.41, 5.74) is 1.96. The van der Waals surface area contributed by atoms with Gasteiger partial charge >= 0.3 is 11.9 Å². The summed E-state index contributed by atoms with van der Waals surface area (Å²) in [7, 11) is 0. The van der Waals surface area contributed by atoms with Crippen molar-refractivity contribution in [2.45, 2.75) is 12.8 Å². The zero-order valence-corrected chi connectivity index (χ0v) is 10.7. The SMILES string of the molecule is NNOC(=O)c1ccc(C(=O)ON2C(=O)CCC2=O)cc1. The molecule has 2 amide bonds. The van der Waals surface area contributed by atoms with Crippen molar-refractivity contribution in [3.63, 3.8) is 0 Å². The highest BCUT2D eigenvalue weighted by Gasteiger charge is 2.33. The number of hydroxylamine groups is 2. The van der Waals surface area contributed by atoms with E-state index in [1.165, 1.54) is 24.3 Å². The van der Waals surface area contributed by atoms with E-state index in [9.17, 15) is 19.2 Å². The van der Waals surface area contributed by atoms with Gasteiger partial charge in [0.1, 0.15) is 0 Å². The molecule has 1 heterocycles. The molecule has 110 valence electrons. The minimum absolute atomic E-state index is 0.0168. The van der Waals surface area contributed by atoms with Crippen molar-refractivity contribution in [3.8, 4) is 0 Å². The first-order chi connectivity index (χ1) is 10.0. The lowest BCUT2D eigenvalue weighted by Crippen LogP contribution is -2.32. The topological polar surface area (TPSA) is 128 Å². The molecule has 9 heteroatoms. The zero-order chi connectivity index (χ0) is 15.4. The van der Waals surface area contributed by atoms with Crippen LogP contribution in [0.2, 0.25) is 0 Å². The largest absolute Gasteiger partial charge is 0.363 e. The van der Waals surface area contributed by atoms with Crippen LogP contribution in [0.3, 0.4) is 0 Å². The minimum Gasteiger partial charge on any atom is -0.351 e. The van der Waals surface area contributed by atoms with Gasteiger partial charge in [0.25, 0.3) is 11.8 Å². The average Bonchev–Trinajstić information content (AvgIpc) is 2.79. The van der Waals surface area contributed by atoms with Crippen LogP contribution in [0.1, 0.15) is 33.6 Å². The third kappa shape index (κ3) is 3.22. The molecular formula is C12H11N3O6. The molecule has 1 aliphatic heterocycles. The maximum absolute atomic E-state index is 11.8. The number of nitrogens with two attached hydrogens (primary N) is 1. The Morgan fingerprint density at radius 3 is 1.95 bits per heavy atom. The fraction of sp³-hybridized carbons (Fsp3) is 0.167. The summed E-state index contributed by atoms with van der Waals surface area (Å²) in [6, 6.07) is 5.20. The third-order valence-corrected chi connectivity index (χ3v) is 2.69. The van der Waals surface area contributed by atoms with Crippen LogP contribution in [-0.2, 0) is 19.3 Å². The highest BCUT2D eigenvalue weighted by Crippen LogP contribution is 2.14. The van der Waals surface area contributed by atoms with Crippen LogP contribution in [0.15, 0.2) is 24.3 Å². The number of hydrazine groups is 1. The van der Waals surface area contributed by atoms with Gasteiger partial charge < -0.3 is 9.68 Å². The molecule has 0 bridgehead atoms. The summed E-state index contributed by atoms with van der Waals surface area (Å²) in [5.74, 6) is 2.08. The van der Waals surface area contributed by atoms with E-state index >= 15 is 0 Å². The second kappa shape index (κ2) is 6.11. The van der Waals surface area contributed by atoms with Gasteiger partial charge in [0.2, 0.25) is 0 Å². The Morgan fingerprint density at radius 2 is 1.48 bits per heavy atom.